The number of fused-ring (bicyclic) bond motifs is 1. The molecule has 0 spiro atoms. The summed E-state index contributed by atoms with van der Waals surface area (Å²) in [4.78, 5) is 20.4. The van der Waals surface area contributed by atoms with Gasteiger partial charge in [-0.2, -0.15) is 4.99 Å². The molecule has 1 amide bonds. The molecular weight excluding hydrogens is 256 g/mol. The average Bonchev–Trinajstić information content (AvgIpc) is 2.46. The van der Waals surface area contributed by atoms with E-state index in [0.717, 1.165) is 11.5 Å². The van der Waals surface area contributed by atoms with Gasteiger partial charge < -0.3 is 0 Å². The Morgan fingerprint density at radius 1 is 1.11 bits per heavy atom. The number of hydrogen-bond donors (Lipinski definition) is 0. The second-order valence-electron chi connectivity index (χ2n) is 4.27. The quantitative estimate of drug-likeness (QED) is 0.827. The lowest BCUT2D eigenvalue weighted by molar-refractivity contribution is -0.118. The van der Waals surface area contributed by atoms with E-state index in [1.165, 1.54) is 17.3 Å². The summed E-state index contributed by atoms with van der Waals surface area (Å²) in [5, 5.41) is 0.556. The molecule has 3 rings (SSSR count). The molecule has 94 valence electrons. The first-order chi connectivity index (χ1) is 9.33. The molecule has 3 nitrogen and oxygen atoms in total. The van der Waals surface area contributed by atoms with Crippen LogP contribution in [0.25, 0.3) is 0 Å². The Bertz CT molecular complexity index is 614. The first-order valence-electron chi connectivity index (χ1n) is 6.05. The van der Waals surface area contributed by atoms with E-state index in [9.17, 15) is 4.79 Å². The lowest BCUT2D eigenvalue weighted by Crippen LogP contribution is -2.26. The van der Waals surface area contributed by atoms with Gasteiger partial charge in [0, 0.05) is 5.75 Å². The molecule has 0 saturated carbocycles. The van der Waals surface area contributed by atoms with Crippen LogP contribution in [0, 0.1) is 5.92 Å². The standard InChI is InChI=1S/C15H12N2OS/c18-14-12-8-4-5-9-13(12)16-15(17-14)19-10-11-6-2-1-3-7-11/h1-9,12H,10H2. The number of hydrogen-bond acceptors (Lipinski definition) is 3. The Labute approximate surface area is 115 Å². The van der Waals surface area contributed by atoms with Gasteiger partial charge in [-0.15, -0.1) is 0 Å². The lowest BCUT2D eigenvalue weighted by atomic mass is 9.97. The number of carbonyl (C=O) groups excluding carboxylic acids is 1. The van der Waals surface area contributed by atoms with Gasteiger partial charge in [0.05, 0.1) is 5.71 Å². The number of benzene rings is 1. The molecule has 0 saturated heterocycles. The highest BCUT2D eigenvalue weighted by molar-refractivity contribution is 8.13. The maximum absolute atomic E-state index is 11.9. The minimum Gasteiger partial charge on any atom is -0.271 e. The van der Waals surface area contributed by atoms with E-state index in [1.54, 1.807) is 0 Å². The fraction of sp³-hybridized carbons (Fsp3) is 0.133. The zero-order valence-electron chi connectivity index (χ0n) is 10.2. The number of thioether (sulfide) groups is 1. The minimum atomic E-state index is -0.286. The highest BCUT2D eigenvalue weighted by Crippen LogP contribution is 2.22. The van der Waals surface area contributed by atoms with E-state index in [1.807, 2.05) is 42.5 Å². The minimum absolute atomic E-state index is 0.124. The summed E-state index contributed by atoms with van der Waals surface area (Å²) in [5.74, 6) is 0.362. The van der Waals surface area contributed by atoms with Gasteiger partial charge in [0.1, 0.15) is 5.92 Å². The van der Waals surface area contributed by atoms with Crippen LogP contribution in [0.5, 0.6) is 0 Å². The number of amides is 1. The third-order valence-electron chi connectivity index (χ3n) is 2.91. The first-order valence-corrected chi connectivity index (χ1v) is 7.04. The third-order valence-corrected chi connectivity index (χ3v) is 3.83. The molecule has 0 radical (unpaired) electrons. The topological polar surface area (TPSA) is 41.8 Å². The van der Waals surface area contributed by atoms with E-state index in [-0.39, 0.29) is 11.8 Å². The van der Waals surface area contributed by atoms with E-state index < -0.39 is 0 Å². The zero-order valence-corrected chi connectivity index (χ0v) is 11.0. The number of nitrogens with zero attached hydrogens (tertiary/aromatic N) is 2. The van der Waals surface area contributed by atoms with Crippen LogP contribution in [-0.2, 0) is 10.5 Å². The van der Waals surface area contributed by atoms with Crippen molar-refractivity contribution in [3.05, 3.63) is 60.2 Å². The molecule has 0 bridgehead atoms. The molecule has 1 aromatic rings. The summed E-state index contributed by atoms with van der Waals surface area (Å²) in [5.41, 5.74) is 1.99. The molecule has 0 aromatic heterocycles. The first kappa shape index (κ1) is 12.1. The Morgan fingerprint density at radius 2 is 1.95 bits per heavy atom. The number of aliphatic imine (C=N–C) groups is 2. The van der Waals surface area contributed by atoms with Crippen molar-refractivity contribution in [1.29, 1.82) is 0 Å². The molecule has 1 unspecified atom stereocenters. The van der Waals surface area contributed by atoms with Crippen LogP contribution < -0.4 is 0 Å². The van der Waals surface area contributed by atoms with E-state index in [4.69, 9.17) is 0 Å². The van der Waals surface area contributed by atoms with Gasteiger partial charge >= 0.3 is 0 Å². The Hall–Kier alpha value is -1.94. The monoisotopic (exact) mass is 268 g/mol. The van der Waals surface area contributed by atoms with Gasteiger partial charge in [-0.25, -0.2) is 4.99 Å². The van der Waals surface area contributed by atoms with Crippen LogP contribution in [-0.4, -0.2) is 16.8 Å². The molecule has 1 heterocycles. The van der Waals surface area contributed by atoms with E-state index >= 15 is 0 Å². The van der Waals surface area contributed by atoms with Crippen molar-refractivity contribution in [2.75, 3.05) is 0 Å². The van der Waals surface area contributed by atoms with Gasteiger partial charge in [-0.3, -0.25) is 4.79 Å². The van der Waals surface area contributed by atoms with Gasteiger partial charge in [0.15, 0.2) is 5.17 Å². The molecule has 0 N–H and O–H groups in total. The van der Waals surface area contributed by atoms with Crippen LogP contribution in [0.2, 0.25) is 0 Å². The molecule has 2 aliphatic rings. The molecular formula is C15H12N2OS. The van der Waals surface area contributed by atoms with Gasteiger partial charge in [0.25, 0.3) is 5.91 Å². The SMILES string of the molecule is O=C1N=C(SCc2ccccc2)N=C2C=CC=CC12. The second kappa shape index (κ2) is 5.36. The predicted molar refractivity (Wildman–Crippen MR) is 79.4 cm³/mol. The maximum atomic E-state index is 11.9. The van der Waals surface area contributed by atoms with Gasteiger partial charge in [0.2, 0.25) is 0 Å². The fourth-order valence-corrected chi connectivity index (χ4v) is 2.75. The maximum Gasteiger partial charge on any atom is 0.261 e. The van der Waals surface area contributed by atoms with Gasteiger partial charge in [-0.1, -0.05) is 60.3 Å². The van der Waals surface area contributed by atoms with Crippen molar-refractivity contribution in [3.63, 3.8) is 0 Å². The smallest absolute Gasteiger partial charge is 0.261 e. The van der Waals surface area contributed by atoms with E-state index in [0.29, 0.717) is 5.17 Å². The summed E-state index contributed by atoms with van der Waals surface area (Å²) in [6.07, 6.45) is 7.47. The summed E-state index contributed by atoms with van der Waals surface area (Å²) in [6.45, 7) is 0. The third kappa shape index (κ3) is 2.74. The molecule has 1 aliphatic heterocycles. The molecule has 1 aliphatic carbocycles. The van der Waals surface area contributed by atoms with E-state index in [2.05, 4.69) is 22.1 Å². The van der Waals surface area contributed by atoms with Crippen LogP contribution >= 0.6 is 11.8 Å². The second-order valence-corrected chi connectivity index (χ2v) is 5.21. The molecule has 1 aromatic carbocycles. The van der Waals surface area contributed by atoms with Crippen molar-refractivity contribution in [2.45, 2.75) is 5.75 Å². The summed E-state index contributed by atoms with van der Waals surface area (Å²) < 4.78 is 0. The van der Waals surface area contributed by atoms with Crippen LogP contribution in [0.4, 0.5) is 0 Å². The average molecular weight is 268 g/mol. The lowest BCUT2D eigenvalue weighted by Gasteiger charge is -2.17. The largest absolute Gasteiger partial charge is 0.271 e. The number of amidine groups is 1. The van der Waals surface area contributed by atoms with Crippen molar-refractivity contribution < 1.29 is 4.79 Å². The zero-order chi connectivity index (χ0) is 13.1. The van der Waals surface area contributed by atoms with Gasteiger partial charge in [-0.05, 0) is 11.6 Å². The van der Waals surface area contributed by atoms with Crippen molar-refractivity contribution >= 4 is 28.5 Å². The Balaban J connectivity index is 1.73. The van der Waals surface area contributed by atoms with Crippen molar-refractivity contribution in [3.8, 4) is 0 Å². The highest BCUT2D eigenvalue weighted by atomic mass is 32.2. The summed E-state index contributed by atoms with van der Waals surface area (Å²) in [6, 6.07) is 10.1. The van der Waals surface area contributed by atoms with Crippen LogP contribution in [0.15, 0.2) is 64.6 Å². The van der Waals surface area contributed by atoms with Crippen LogP contribution in [0.3, 0.4) is 0 Å². The molecule has 19 heavy (non-hydrogen) atoms. The Morgan fingerprint density at radius 3 is 2.79 bits per heavy atom. The molecule has 0 fully saturated rings. The predicted octanol–water partition coefficient (Wildman–Crippen LogP) is 3.00. The number of carbonyl (C=O) groups is 1. The fourth-order valence-electron chi connectivity index (χ4n) is 1.93. The van der Waals surface area contributed by atoms with Crippen molar-refractivity contribution in [2.24, 2.45) is 15.9 Å². The normalized spacial score (nSPS) is 20.8. The number of rotatable bonds is 2. The van der Waals surface area contributed by atoms with Crippen LogP contribution in [0.1, 0.15) is 5.56 Å². The number of allylic oxidation sites excluding steroid dienone is 3. The Kier molecular flexibility index (Phi) is 3.42. The van der Waals surface area contributed by atoms with Crippen molar-refractivity contribution in [1.82, 2.24) is 0 Å². The molecule has 1 atom stereocenters. The highest BCUT2D eigenvalue weighted by Gasteiger charge is 2.26. The summed E-state index contributed by atoms with van der Waals surface area (Å²) in [7, 11) is 0. The summed E-state index contributed by atoms with van der Waals surface area (Å²) >= 11 is 1.49. The molecule has 4 heteroatoms.